The fourth-order valence-electron chi connectivity index (χ4n) is 3.77. The number of halogens is 2. The highest BCUT2D eigenvalue weighted by atomic mass is 19.1. The summed E-state index contributed by atoms with van der Waals surface area (Å²) >= 11 is 0. The highest BCUT2D eigenvalue weighted by Gasteiger charge is 2.22. The molecule has 6 nitrogen and oxygen atoms in total. The summed E-state index contributed by atoms with van der Waals surface area (Å²) in [5.41, 5.74) is 2.82. The van der Waals surface area contributed by atoms with Crippen molar-refractivity contribution in [2.45, 2.75) is 26.7 Å². The molecule has 0 radical (unpaired) electrons. The summed E-state index contributed by atoms with van der Waals surface area (Å²) in [6.07, 6.45) is 6.15. The number of pyridine rings is 1. The molecule has 0 spiro atoms. The van der Waals surface area contributed by atoms with E-state index in [2.05, 4.69) is 27.4 Å². The maximum Gasteiger partial charge on any atom is 0.257 e. The Kier molecular flexibility index (Phi) is 8.56. The summed E-state index contributed by atoms with van der Waals surface area (Å²) < 4.78 is 25.6. The van der Waals surface area contributed by atoms with Crippen molar-refractivity contribution in [1.82, 2.24) is 19.8 Å². The van der Waals surface area contributed by atoms with Crippen LogP contribution in [-0.4, -0.2) is 59.7 Å². The summed E-state index contributed by atoms with van der Waals surface area (Å²) in [5, 5.41) is 7.61. The number of carbonyl (C=O) groups is 1. The molecule has 1 aromatic carbocycles. The fourth-order valence-corrected chi connectivity index (χ4v) is 3.77. The van der Waals surface area contributed by atoms with Crippen LogP contribution in [0.5, 0.6) is 0 Å². The second-order valence-electron chi connectivity index (χ2n) is 7.45. The van der Waals surface area contributed by atoms with Gasteiger partial charge in [-0.1, -0.05) is 13.8 Å². The van der Waals surface area contributed by atoms with Gasteiger partial charge >= 0.3 is 0 Å². The molecule has 32 heavy (non-hydrogen) atoms. The van der Waals surface area contributed by atoms with E-state index >= 15 is 0 Å². The number of carbonyl (C=O) groups excluding carboxylic acids is 1. The zero-order valence-electron chi connectivity index (χ0n) is 18.7. The van der Waals surface area contributed by atoms with Crippen molar-refractivity contribution < 1.29 is 13.6 Å². The molecule has 172 valence electrons. The minimum atomic E-state index is -0.411. The Balaban J connectivity index is 0.000000244. The van der Waals surface area contributed by atoms with Crippen LogP contribution in [0.2, 0.25) is 0 Å². The van der Waals surface area contributed by atoms with Crippen LogP contribution in [0.3, 0.4) is 0 Å². The lowest BCUT2D eigenvalue weighted by Crippen LogP contribution is -2.46. The molecule has 3 aromatic rings. The van der Waals surface area contributed by atoms with Crippen molar-refractivity contribution >= 4 is 17.1 Å². The first-order valence-corrected chi connectivity index (χ1v) is 11.3. The van der Waals surface area contributed by atoms with E-state index in [0.29, 0.717) is 5.56 Å². The largest absolute Gasteiger partial charge is 0.371 e. The highest BCUT2D eigenvalue weighted by molar-refractivity contribution is 6.01. The average Bonchev–Trinajstić information content (AvgIpc) is 3.53. The Hall–Kier alpha value is -3.00. The second-order valence-corrected chi connectivity index (χ2v) is 7.45. The summed E-state index contributed by atoms with van der Waals surface area (Å²) in [6.45, 7) is 9.47. The van der Waals surface area contributed by atoms with E-state index in [4.69, 9.17) is 0 Å². The van der Waals surface area contributed by atoms with Crippen molar-refractivity contribution in [2.75, 3.05) is 44.2 Å². The predicted molar refractivity (Wildman–Crippen MR) is 123 cm³/mol. The molecule has 2 aliphatic rings. The quantitative estimate of drug-likeness (QED) is 0.651. The predicted octanol–water partition coefficient (Wildman–Crippen LogP) is 3.97. The zero-order valence-corrected chi connectivity index (χ0v) is 18.7. The summed E-state index contributed by atoms with van der Waals surface area (Å²) in [6, 6.07) is 8.51. The van der Waals surface area contributed by atoms with Gasteiger partial charge in [-0.2, -0.15) is 5.10 Å². The van der Waals surface area contributed by atoms with Gasteiger partial charge in [0.1, 0.15) is 11.6 Å². The first-order valence-electron chi connectivity index (χ1n) is 11.3. The van der Waals surface area contributed by atoms with Crippen molar-refractivity contribution in [2.24, 2.45) is 0 Å². The zero-order chi connectivity index (χ0) is 22.9. The molecule has 0 unspecified atom stereocenters. The molecule has 1 amide bonds. The van der Waals surface area contributed by atoms with E-state index in [9.17, 15) is 13.6 Å². The lowest BCUT2D eigenvalue weighted by atomic mass is 10.2. The van der Waals surface area contributed by atoms with Crippen molar-refractivity contribution in [1.29, 1.82) is 0 Å². The highest BCUT2D eigenvalue weighted by Crippen LogP contribution is 2.24. The van der Waals surface area contributed by atoms with Gasteiger partial charge in [-0.3, -0.25) is 4.79 Å². The van der Waals surface area contributed by atoms with E-state index < -0.39 is 11.6 Å². The van der Waals surface area contributed by atoms with E-state index in [1.165, 1.54) is 18.5 Å². The molecule has 5 rings (SSSR count). The average molecular weight is 444 g/mol. The monoisotopic (exact) mass is 443 g/mol. The SMILES string of the molecule is CC.Fc1ccc(F)cc1.O=C(c1cnn2ccc(N3CCCC3)cc12)N1CCNCC1. The standard InChI is InChI=1S/C16H21N5O.C6H4F2.C2H6/c22-16(20-9-4-17-5-10-20)14-12-18-21-8-3-13(11-15(14)21)19-6-1-2-7-19;7-5-1-2-6(8)4-3-5;1-2/h3,8,11-12,17H,1-2,4-7,9-10H2;1-4H;1-2H3. The molecule has 4 heterocycles. The molecule has 8 heteroatoms. The molecule has 0 saturated carbocycles. The number of rotatable bonds is 2. The Labute approximate surface area is 187 Å². The number of hydrogen-bond acceptors (Lipinski definition) is 4. The topological polar surface area (TPSA) is 52.9 Å². The molecule has 1 N–H and O–H groups in total. The van der Waals surface area contributed by atoms with Crippen LogP contribution in [0.25, 0.3) is 5.52 Å². The minimum absolute atomic E-state index is 0.0927. The van der Waals surface area contributed by atoms with Crippen LogP contribution in [-0.2, 0) is 0 Å². The lowest BCUT2D eigenvalue weighted by Gasteiger charge is -2.27. The molecule has 2 aliphatic heterocycles. The van der Waals surface area contributed by atoms with Gasteiger partial charge in [0.05, 0.1) is 17.3 Å². The maximum absolute atomic E-state index is 12.7. The van der Waals surface area contributed by atoms with Gasteiger partial charge in [-0.25, -0.2) is 13.3 Å². The third-order valence-corrected chi connectivity index (χ3v) is 5.41. The van der Waals surface area contributed by atoms with Gasteiger partial charge < -0.3 is 15.1 Å². The summed E-state index contributed by atoms with van der Waals surface area (Å²) in [4.78, 5) is 17.0. The van der Waals surface area contributed by atoms with Crippen molar-refractivity contribution in [3.8, 4) is 0 Å². The molecule has 0 atom stereocenters. The second kappa shape index (κ2) is 11.6. The number of fused-ring (bicyclic) bond motifs is 1. The Bertz CT molecular complexity index is 972. The van der Waals surface area contributed by atoms with Crippen LogP contribution in [0.1, 0.15) is 37.0 Å². The van der Waals surface area contributed by atoms with Gasteiger partial charge in [-0.05, 0) is 49.2 Å². The normalized spacial score (nSPS) is 15.6. The van der Waals surface area contributed by atoms with Gasteiger partial charge in [0, 0.05) is 51.2 Å². The Morgan fingerprint density at radius 1 is 0.938 bits per heavy atom. The summed E-state index contributed by atoms with van der Waals surface area (Å²) in [5.74, 6) is -0.729. The molecule has 2 aromatic heterocycles. The van der Waals surface area contributed by atoms with Crippen LogP contribution in [0.4, 0.5) is 14.5 Å². The van der Waals surface area contributed by atoms with Gasteiger partial charge in [-0.15, -0.1) is 0 Å². The van der Waals surface area contributed by atoms with Crippen LogP contribution < -0.4 is 10.2 Å². The molecule has 2 fully saturated rings. The first-order chi connectivity index (χ1) is 15.6. The van der Waals surface area contributed by atoms with Gasteiger partial charge in [0.2, 0.25) is 0 Å². The minimum Gasteiger partial charge on any atom is -0.371 e. The fraction of sp³-hybridized carbons (Fsp3) is 0.417. The number of anilines is 1. The smallest absolute Gasteiger partial charge is 0.257 e. The van der Waals surface area contributed by atoms with Crippen molar-refractivity contribution in [3.63, 3.8) is 0 Å². The van der Waals surface area contributed by atoms with Gasteiger partial charge in [0.15, 0.2) is 0 Å². The van der Waals surface area contributed by atoms with Crippen molar-refractivity contribution in [3.05, 3.63) is 66.0 Å². The first kappa shape index (κ1) is 23.7. The van der Waals surface area contributed by atoms with Crippen LogP contribution in [0.15, 0.2) is 48.8 Å². The van der Waals surface area contributed by atoms with E-state index in [-0.39, 0.29) is 5.91 Å². The Morgan fingerprint density at radius 2 is 1.53 bits per heavy atom. The third-order valence-electron chi connectivity index (χ3n) is 5.41. The number of amides is 1. The molecule has 2 saturated heterocycles. The maximum atomic E-state index is 12.7. The van der Waals surface area contributed by atoms with E-state index in [1.807, 2.05) is 24.9 Å². The van der Waals surface area contributed by atoms with Gasteiger partial charge in [0.25, 0.3) is 5.91 Å². The number of nitrogens with one attached hydrogen (secondary N) is 1. The molecule has 0 aliphatic carbocycles. The third kappa shape index (κ3) is 5.82. The lowest BCUT2D eigenvalue weighted by molar-refractivity contribution is 0.0737. The molecular formula is C24H31F2N5O. The number of benzene rings is 1. The van der Waals surface area contributed by atoms with Crippen LogP contribution >= 0.6 is 0 Å². The van der Waals surface area contributed by atoms with Crippen LogP contribution in [0, 0.1) is 11.6 Å². The van der Waals surface area contributed by atoms with E-state index in [1.54, 1.807) is 10.7 Å². The van der Waals surface area contributed by atoms with E-state index in [0.717, 1.165) is 69.1 Å². The number of nitrogens with zero attached hydrogens (tertiary/aromatic N) is 4. The number of piperazine rings is 1. The number of hydrogen-bond donors (Lipinski definition) is 1. The summed E-state index contributed by atoms with van der Waals surface area (Å²) in [7, 11) is 0. The Morgan fingerprint density at radius 3 is 2.12 bits per heavy atom. The molecular weight excluding hydrogens is 412 g/mol. The molecule has 0 bridgehead atoms. The number of aromatic nitrogens is 2.